The van der Waals surface area contributed by atoms with Crippen molar-refractivity contribution in [3.8, 4) is 0 Å². The Bertz CT molecular complexity index is 887. The second-order valence-corrected chi connectivity index (χ2v) is 8.57. The Hall–Kier alpha value is -2.10. The highest BCUT2D eigenvalue weighted by Gasteiger charge is 2.35. The molecule has 0 aliphatic carbocycles. The van der Waals surface area contributed by atoms with E-state index in [9.17, 15) is 0 Å². The van der Waals surface area contributed by atoms with Gasteiger partial charge in [0.05, 0.1) is 0 Å². The molecule has 4 rings (SSSR count). The van der Waals surface area contributed by atoms with Crippen LogP contribution in [0.2, 0.25) is 0 Å². The van der Waals surface area contributed by atoms with Crippen LogP contribution in [-0.4, -0.2) is 6.15 Å². The second kappa shape index (κ2) is 6.66. The van der Waals surface area contributed by atoms with Crippen LogP contribution in [0.25, 0.3) is 0 Å². The van der Waals surface area contributed by atoms with Crippen LogP contribution in [0, 0.1) is 13.8 Å². The molecule has 0 nitrogen and oxygen atoms in total. The van der Waals surface area contributed by atoms with Gasteiger partial charge < -0.3 is 0 Å². The van der Waals surface area contributed by atoms with Gasteiger partial charge in [-0.25, -0.2) is 0 Å². The summed E-state index contributed by atoms with van der Waals surface area (Å²) < 4.78 is 2.87. The molecule has 0 unspecified atom stereocenters. The fourth-order valence-corrected chi connectivity index (χ4v) is 6.33. The molecule has 2 aromatic heterocycles. The molecule has 0 amide bonds. The summed E-state index contributed by atoms with van der Waals surface area (Å²) in [6, 6.07) is 26.7. The summed E-state index contributed by atoms with van der Waals surface area (Å²) in [7, 11) is 0. The van der Waals surface area contributed by atoms with Crippen LogP contribution in [0.1, 0.15) is 11.1 Å². The Kier molecular flexibility index (Phi) is 4.36. The van der Waals surface area contributed by atoms with Crippen molar-refractivity contribution in [2.24, 2.45) is 0 Å². The molecule has 0 atom stereocenters. The van der Waals surface area contributed by atoms with Gasteiger partial charge in [-0.1, -0.05) is 83.9 Å². The van der Waals surface area contributed by atoms with E-state index in [1.807, 2.05) is 22.7 Å². The average molecular weight is 359 g/mol. The van der Waals surface area contributed by atoms with Crippen molar-refractivity contribution in [3.05, 3.63) is 94.7 Å². The van der Waals surface area contributed by atoms with Crippen LogP contribution in [0.5, 0.6) is 0 Å². The molecule has 0 saturated carbocycles. The molecule has 4 aromatic rings. The lowest BCUT2D eigenvalue weighted by molar-refractivity contribution is 1.48. The van der Waals surface area contributed by atoms with Crippen molar-refractivity contribution >= 4 is 49.3 Å². The van der Waals surface area contributed by atoms with Gasteiger partial charge in [0.15, 0.2) is 0 Å². The van der Waals surface area contributed by atoms with Gasteiger partial charge in [-0.15, -0.1) is 9.55 Å². The van der Waals surface area contributed by atoms with Gasteiger partial charge in [0.1, 0.15) is 6.15 Å². The highest BCUT2D eigenvalue weighted by atomic mass is 32.1. The van der Waals surface area contributed by atoms with E-state index in [-0.39, 0.29) is 0 Å². The van der Waals surface area contributed by atoms with Crippen molar-refractivity contribution in [3.63, 3.8) is 0 Å². The zero-order valence-corrected chi connectivity index (χ0v) is 16.1. The molecule has 25 heavy (non-hydrogen) atoms. The lowest BCUT2D eigenvalue weighted by Crippen LogP contribution is -2.74. The van der Waals surface area contributed by atoms with Crippen LogP contribution in [-0.2, 0) is 0 Å². The summed E-state index contributed by atoms with van der Waals surface area (Å²) >= 11 is 3.74. The first-order chi connectivity index (χ1) is 12.2. The number of benzene rings is 2. The topological polar surface area (TPSA) is 0 Å². The first kappa shape index (κ1) is 16.4. The molecule has 0 bridgehead atoms. The van der Waals surface area contributed by atoms with Crippen molar-refractivity contribution in [1.29, 1.82) is 0 Å². The van der Waals surface area contributed by atoms with Gasteiger partial charge in [0, 0.05) is 0 Å². The van der Waals surface area contributed by atoms with Gasteiger partial charge in [-0.2, -0.15) is 33.6 Å². The molecule has 2 aromatic carbocycles. The predicted octanol–water partition coefficient (Wildman–Crippen LogP) is 3.80. The Morgan fingerprint density at radius 2 is 1.00 bits per heavy atom. The first-order valence-electron chi connectivity index (χ1n) is 8.60. The minimum absolute atomic E-state index is 1.15. The number of thiophene rings is 2. The molecule has 0 N–H and O–H groups in total. The second-order valence-electron chi connectivity index (χ2n) is 6.61. The summed E-state index contributed by atoms with van der Waals surface area (Å²) in [6.45, 7) is 4.48. The Balaban J connectivity index is 2.18. The molecule has 0 fully saturated rings. The molecule has 0 radical (unpaired) electrons. The van der Waals surface area contributed by atoms with E-state index in [1.165, 1.54) is 31.6 Å². The van der Waals surface area contributed by atoms with Crippen LogP contribution >= 0.6 is 22.7 Å². The van der Waals surface area contributed by atoms with Gasteiger partial charge in [-0.05, 0) is 24.6 Å². The number of hydrogen-bond donors (Lipinski definition) is 0. The van der Waals surface area contributed by atoms with E-state index < -0.39 is 6.15 Å². The molecule has 0 aliphatic heterocycles. The molecule has 0 spiro atoms. The van der Waals surface area contributed by atoms with Crippen LogP contribution < -0.4 is 20.5 Å². The Morgan fingerprint density at radius 1 is 0.560 bits per heavy atom. The van der Waals surface area contributed by atoms with Crippen LogP contribution in [0.15, 0.2) is 83.6 Å². The van der Waals surface area contributed by atoms with E-state index in [4.69, 9.17) is 0 Å². The van der Waals surface area contributed by atoms with Gasteiger partial charge in [-0.3, -0.25) is 0 Å². The number of rotatable bonds is 4. The normalized spacial score (nSPS) is 11.6. The lowest BCUT2D eigenvalue weighted by atomic mass is 9.16. The third kappa shape index (κ3) is 2.59. The lowest BCUT2D eigenvalue weighted by Gasteiger charge is -2.43. The van der Waals surface area contributed by atoms with Gasteiger partial charge in [0.25, 0.3) is 0 Å². The maximum absolute atomic E-state index is 2.32. The maximum atomic E-state index is 2.32. The SMILES string of the molecule is Cc1ccccc1[B-](c1cccs1)(c1cccs1)c1ccccc1C. The minimum Gasteiger partial charge on any atom is -0.191 e. The molecule has 2 heterocycles. The summed E-state index contributed by atoms with van der Waals surface area (Å²) in [5.41, 5.74) is 5.57. The van der Waals surface area contributed by atoms with E-state index in [2.05, 4.69) is 97.4 Å². The molecular weight excluding hydrogens is 339 g/mol. The predicted molar refractivity (Wildman–Crippen MR) is 115 cm³/mol. The van der Waals surface area contributed by atoms with Crippen molar-refractivity contribution in [1.82, 2.24) is 0 Å². The number of aryl methyl sites for hydroxylation is 2. The first-order valence-corrected chi connectivity index (χ1v) is 10.4. The standard InChI is InChI=1S/C22H20BS2/c1-17-9-3-5-11-19(17)23(21-13-7-15-24-21,22-14-8-16-25-22)20-12-6-4-10-18(20)2/h3-16H,1-2H3/q-1. The third-order valence-corrected chi connectivity index (χ3v) is 7.36. The van der Waals surface area contributed by atoms with E-state index >= 15 is 0 Å². The quantitative estimate of drug-likeness (QED) is 0.486. The summed E-state index contributed by atoms with van der Waals surface area (Å²) in [4.78, 5) is 0. The number of hydrogen-bond acceptors (Lipinski definition) is 2. The average Bonchev–Trinajstić information content (AvgIpc) is 3.33. The van der Waals surface area contributed by atoms with Crippen LogP contribution in [0.4, 0.5) is 0 Å². The van der Waals surface area contributed by atoms with Gasteiger partial charge >= 0.3 is 0 Å². The highest BCUT2D eigenvalue weighted by molar-refractivity contribution is 7.43. The minimum atomic E-state index is -1.15. The van der Waals surface area contributed by atoms with Crippen molar-refractivity contribution in [2.45, 2.75) is 13.8 Å². The van der Waals surface area contributed by atoms with Crippen molar-refractivity contribution in [2.75, 3.05) is 0 Å². The zero-order valence-electron chi connectivity index (χ0n) is 14.5. The Labute approximate surface area is 157 Å². The molecular formula is C22H20BS2-. The molecule has 0 aliphatic rings. The molecule has 124 valence electrons. The summed E-state index contributed by atoms with van der Waals surface area (Å²) in [6.07, 6.45) is -1.15. The zero-order chi connectivity index (χ0) is 17.3. The van der Waals surface area contributed by atoms with Crippen LogP contribution in [0.3, 0.4) is 0 Å². The summed E-state index contributed by atoms with van der Waals surface area (Å²) in [5.74, 6) is 0. The van der Waals surface area contributed by atoms with Gasteiger partial charge in [0.2, 0.25) is 0 Å². The maximum Gasteiger partial charge on any atom is 0.129 e. The third-order valence-electron chi connectivity index (χ3n) is 5.25. The van der Waals surface area contributed by atoms with E-state index in [0.717, 1.165) is 0 Å². The fourth-order valence-electron chi connectivity index (χ4n) is 4.14. The van der Waals surface area contributed by atoms with E-state index in [0.29, 0.717) is 0 Å². The van der Waals surface area contributed by atoms with E-state index in [1.54, 1.807) is 0 Å². The highest BCUT2D eigenvalue weighted by Crippen LogP contribution is 2.17. The Morgan fingerprint density at radius 3 is 1.36 bits per heavy atom. The smallest absolute Gasteiger partial charge is 0.129 e. The fraction of sp³-hybridized carbons (Fsp3) is 0.0909. The summed E-state index contributed by atoms with van der Waals surface area (Å²) in [5, 5.41) is 4.41. The van der Waals surface area contributed by atoms with Crippen molar-refractivity contribution < 1.29 is 0 Å². The molecule has 3 heteroatoms. The molecule has 0 saturated heterocycles. The monoisotopic (exact) mass is 359 g/mol. The largest absolute Gasteiger partial charge is 0.191 e.